The van der Waals surface area contributed by atoms with Gasteiger partial charge in [-0.25, -0.2) is 0 Å². The summed E-state index contributed by atoms with van der Waals surface area (Å²) in [5, 5.41) is 11.3. The van der Waals surface area contributed by atoms with Crippen LogP contribution in [0, 0.1) is 6.92 Å². The van der Waals surface area contributed by atoms with Crippen LogP contribution >= 0.6 is 0 Å². The largest absolute Gasteiger partial charge is 0.480 e. The zero-order chi connectivity index (χ0) is 16.0. The Morgan fingerprint density at radius 2 is 1.81 bits per heavy atom. The summed E-state index contributed by atoms with van der Waals surface area (Å²) < 4.78 is 0. The molecule has 0 aromatic heterocycles. The van der Waals surface area contributed by atoms with Gasteiger partial charge in [0, 0.05) is 11.7 Å². The Labute approximate surface area is 123 Å². The molecular formula is C15H20N2O4. The summed E-state index contributed by atoms with van der Waals surface area (Å²) in [4.78, 5) is 35.9. The van der Waals surface area contributed by atoms with Crippen LogP contribution in [0.2, 0.25) is 0 Å². The maximum atomic E-state index is 12.1. The van der Waals surface area contributed by atoms with Gasteiger partial charge in [-0.15, -0.1) is 0 Å². The number of aliphatic carboxylic acids is 1. The topological polar surface area (TPSA) is 86.7 Å². The Hall–Kier alpha value is -2.37. The SMILES string of the molecule is CCC(C)N(CC(=O)O)C(=O)C(=O)Nc1ccc(C)cc1. The molecule has 0 aliphatic rings. The normalized spacial score (nSPS) is 11.6. The molecule has 2 amide bonds. The number of carboxylic acids is 1. The van der Waals surface area contributed by atoms with Crippen molar-refractivity contribution in [1.82, 2.24) is 4.90 Å². The van der Waals surface area contributed by atoms with Crippen molar-refractivity contribution in [3.8, 4) is 0 Å². The van der Waals surface area contributed by atoms with Crippen LogP contribution in [0.5, 0.6) is 0 Å². The van der Waals surface area contributed by atoms with Gasteiger partial charge in [0.25, 0.3) is 0 Å². The second-order valence-corrected chi connectivity index (χ2v) is 4.90. The summed E-state index contributed by atoms with van der Waals surface area (Å²) in [6.45, 7) is 4.95. The maximum absolute atomic E-state index is 12.1. The molecule has 1 aromatic carbocycles. The fourth-order valence-electron chi connectivity index (χ4n) is 1.75. The Morgan fingerprint density at radius 1 is 1.24 bits per heavy atom. The molecule has 0 bridgehead atoms. The van der Waals surface area contributed by atoms with Crippen LogP contribution < -0.4 is 5.32 Å². The summed E-state index contributed by atoms with van der Waals surface area (Å²) in [5.74, 6) is -2.82. The molecular weight excluding hydrogens is 272 g/mol. The van der Waals surface area contributed by atoms with Crippen molar-refractivity contribution in [2.45, 2.75) is 33.2 Å². The fraction of sp³-hybridized carbons (Fsp3) is 0.400. The lowest BCUT2D eigenvalue weighted by atomic mass is 10.2. The molecule has 0 fully saturated rings. The smallest absolute Gasteiger partial charge is 0.323 e. The van der Waals surface area contributed by atoms with Gasteiger partial charge in [-0.2, -0.15) is 0 Å². The third kappa shape index (κ3) is 4.91. The predicted molar refractivity (Wildman–Crippen MR) is 78.9 cm³/mol. The number of aryl methyl sites for hydroxylation is 1. The Kier molecular flexibility index (Phi) is 5.90. The zero-order valence-electron chi connectivity index (χ0n) is 12.4. The molecule has 0 saturated heterocycles. The van der Waals surface area contributed by atoms with E-state index in [0.29, 0.717) is 12.1 Å². The predicted octanol–water partition coefficient (Wildman–Crippen LogP) is 1.65. The number of nitrogens with one attached hydrogen (secondary N) is 1. The van der Waals surface area contributed by atoms with Gasteiger partial charge in [-0.1, -0.05) is 24.6 Å². The zero-order valence-corrected chi connectivity index (χ0v) is 12.4. The summed E-state index contributed by atoms with van der Waals surface area (Å²) in [7, 11) is 0. The van der Waals surface area contributed by atoms with Crippen molar-refractivity contribution in [1.29, 1.82) is 0 Å². The van der Waals surface area contributed by atoms with E-state index in [1.165, 1.54) is 0 Å². The number of rotatable bonds is 5. The molecule has 0 heterocycles. The average Bonchev–Trinajstić information content (AvgIpc) is 2.45. The molecule has 1 rings (SSSR count). The lowest BCUT2D eigenvalue weighted by Crippen LogP contribution is -2.47. The van der Waals surface area contributed by atoms with E-state index in [2.05, 4.69) is 5.32 Å². The quantitative estimate of drug-likeness (QED) is 0.808. The van der Waals surface area contributed by atoms with Gasteiger partial charge in [-0.3, -0.25) is 14.4 Å². The van der Waals surface area contributed by atoms with Crippen LogP contribution in [-0.4, -0.2) is 40.4 Å². The first-order chi connectivity index (χ1) is 9.85. The monoisotopic (exact) mass is 292 g/mol. The number of hydrogen-bond donors (Lipinski definition) is 2. The number of hydrogen-bond acceptors (Lipinski definition) is 3. The highest BCUT2D eigenvalue weighted by Crippen LogP contribution is 2.10. The van der Waals surface area contributed by atoms with Crippen molar-refractivity contribution < 1.29 is 19.5 Å². The van der Waals surface area contributed by atoms with E-state index in [0.717, 1.165) is 10.5 Å². The molecule has 0 radical (unpaired) electrons. The van der Waals surface area contributed by atoms with E-state index < -0.39 is 24.3 Å². The first-order valence-electron chi connectivity index (χ1n) is 6.75. The molecule has 2 N–H and O–H groups in total. The Balaban J connectivity index is 2.80. The first-order valence-corrected chi connectivity index (χ1v) is 6.75. The number of amides is 2. The standard InChI is InChI=1S/C15H20N2O4/c1-4-11(3)17(9-13(18)19)15(21)14(20)16-12-7-5-10(2)6-8-12/h5-8,11H,4,9H2,1-3H3,(H,16,20)(H,18,19). The minimum atomic E-state index is -1.15. The fourth-order valence-corrected chi connectivity index (χ4v) is 1.75. The highest BCUT2D eigenvalue weighted by molar-refractivity contribution is 6.39. The molecule has 114 valence electrons. The minimum Gasteiger partial charge on any atom is -0.480 e. The van der Waals surface area contributed by atoms with Crippen LogP contribution in [0.1, 0.15) is 25.8 Å². The minimum absolute atomic E-state index is 0.322. The molecule has 0 spiro atoms. The van der Waals surface area contributed by atoms with Crippen molar-refractivity contribution in [3.05, 3.63) is 29.8 Å². The third-order valence-electron chi connectivity index (χ3n) is 3.19. The van der Waals surface area contributed by atoms with Gasteiger partial charge in [0.1, 0.15) is 6.54 Å². The number of anilines is 1. The number of carboxylic acid groups (broad SMARTS) is 1. The molecule has 1 atom stereocenters. The van der Waals surface area contributed by atoms with Gasteiger partial charge >= 0.3 is 17.8 Å². The van der Waals surface area contributed by atoms with Crippen molar-refractivity contribution >= 4 is 23.5 Å². The highest BCUT2D eigenvalue weighted by Gasteiger charge is 2.27. The molecule has 6 nitrogen and oxygen atoms in total. The summed E-state index contributed by atoms with van der Waals surface area (Å²) in [6, 6.07) is 6.67. The Morgan fingerprint density at radius 3 is 2.29 bits per heavy atom. The molecule has 0 aliphatic heterocycles. The highest BCUT2D eigenvalue weighted by atomic mass is 16.4. The maximum Gasteiger partial charge on any atom is 0.323 e. The van der Waals surface area contributed by atoms with E-state index in [1.807, 2.05) is 26.0 Å². The van der Waals surface area contributed by atoms with Gasteiger partial charge in [0.05, 0.1) is 0 Å². The summed E-state index contributed by atoms with van der Waals surface area (Å²) in [6.07, 6.45) is 0.566. The Bertz CT molecular complexity index is 525. The molecule has 6 heteroatoms. The lowest BCUT2D eigenvalue weighted by Gasteiger charge is -2.26. The van der Waals surface area contributed by atoms with E-state index in [-0.39, 0.29) is 6.04 Å². The molecule has 1 aromatic rings. The number of carbonyl (C=O) groups is 3. The number of nitrogens with zero attached hydrogens (tertiary/aromatic N) is 1. The summed E-state index contributed by atoms with van der Waals surface area (Å²) in [5.41, 5.74) is 1.53. The van der Waals surface area contributed by atoms with Gasteiger partial charge in [-0.05, 0) is 32.4 Å². The van der Waals surface area contributed by atoms with Gasteiger partial charge in [0.15, 0.2) is 0 Å². The molecule has 0 aliphatic carbocycles. The van der Waals surface area contributed by atoms with E-state index in [1.54, 1.807) is 19.1 Å². The molecule has 1 unspecified atom stereocenters. The van der Waals surface area contributed by atoms with Crippen LogP contribution in [-0.2, 0) is 14.4 Å². The van der Waals surface area contributed by atoms with Crippen LogP contribution in [0.15, 0.2) is 24.3 Å². The number of carbonyl (C=O) groups excluding carboxylic acids is 2. The molecule has 21 heavy (non-hydrogen) atoms. The lowest BCUT2D eigenvalue weighted by molar-refractivity contribution is -0.150. The second kappa shape index (κ2) is 7.42. The van der Waals surface area contributed by atoms with Crippen molar-refractivity contribution in [2.75, 3.05) is 11.9 Å². The number of benzene rings is 1. The van der Waals surface area contributed by atoms with Crippen LogP contribution in [0.3, 0.4) is 0 Å². The van der Waals surface area contributed by atoms with Crippen molar-refractivity contribution in [2.24, 2.45) is 0 Å². The van der Waals surface area contributed by atoms with Gasteiger partial charge in [0.2, 0.25) is 0 Å². The molecule has 0 saturated carbocycles. The van der Waals surface area contributed by atoms with Crippen molar-refractivity contribution in [3.63, 3.8) is 0 Å². The third-order valence-corrected chi connectivity index (χ3v) is 3.19. The van der Waals surface area contributed by atoms with E-state index in [4.69, 9.17) is 5.11 Å². The summed E-state index contributed by atoms with van der Waals surface area (Å²) >= 11 is 0. The van der Waals surface area contributed by atoms with E-state index in [9.17, 15) is 14.4 Å². The van der Waals surface area contributed by atoms with Crippen LogP contribution in [0.4, 0.5) is 5.69 Å². The average molecular weight is 292 g/mol. The second-order valence-electron chi connectivity index (χ2n) is 4.90. The van der Waals surface area contributed by atoms with Gasteiger partial charge < -0.3 is 15.3 Å². The van der Waals surface area contributed by atoms with E-state index >= 15 is 0 Å². The first kappa shape index (κ1) is 16.7. The van der Waals surface area contributed by atoms with Crippen LogP contribution in [0.25, 0.3) is 0 Å².